The molecule has 5 nitrogen and oxygen atoms in total. The van der Waals surface area contributed by atoms with Gasteiger partial charge in [-0.05, 0) is 38.8 Å². The summed E-state index contributed by atoms with van der Waals surface area (Å²) in [4.78, 5) is 19.6. The van der Waals surface area contributed by atoms with Gasteiger partial charge in [-0.2, -0.15) is 0 Å². The Hall–Kier alpha value is -2.21. The highest BCUT2D eigenvalue weighted by molar-refractivity contribution is 7.18. The molecule has 24 heavy (non-hydrogen) atoms. The molecule has 1 amide bonds. The first kappa shape index (κ1) is 15.3. The Bertz CT molecular complexity index is 846. The van der Waals surface area contributed by atoms with E-state index in [0.717, 1.165) is 29.9 Å². The Morgan fingerprint density at radius 2 is 2.17 bits per heavy atom. The largest absolute Gasteiger partial charge is 0.361 e. The van der Waals surface area contributed by atoms with Crippen LogP contribution in [0.15, 0.2) is 28.8 Å². The van der Waals surface area contributed by atoms with Gasteiger partial charge in [0.2, 0.25) is 0 Å². The van der Waals surface area contributed by atoms with Crippen LogP contribution < -0.4 is 0 Å². The van der Waals surface area contributed by atoms with Crippen LogP contribution in [-0.4, -0.2) is 34.0 Å². The number of hydrogen-bond donors (Lipinski definition) is 0. The third-order valence-corrected chi connectivity index (χ3v) is 5.81. The van der Waals surface area contributed by atoms with Crippen LogP contribution in [0.5, 0.6) is 0 Å². The van der Waals surface area contributed by atoms with Crippen LogP contribution in [0.1, 0.15) is 45.6 Å². The van der Waals surface area contributed by atoms with E-state index in [4.69, 9.17) is 9.51 Å². The van der Waals surface area contributed by atoms with Crippen molar-refractivity contribution in [1.82, 2.24) is 15.0 Å². The third-order valence-electron chi connectivity index (χ3n) is 4.62. The number of aryl methyl sites for hydroxylation is 2. The maximum Gasteiger partial charge on any atom is 0.259 e. The van der Waals surface area contributed by atoms with E-state index in [1.54, 1.807) is 18.3 Å². The van der Waals surface area contributed by atoms with Gasteiger partial charge in [0.25, 0.3) is 5.91 Å². The van der Waals surface area contributed by atoms with Crippen molar-refractivity contribution < 1.29 is 9.32 Å². The highest BCUT2D eigenvalue weighted by atomic mass is 32.1. The lowest BCUT2D eigenvalue weighted by atomic mass is 9.98. The van der Waals surface area contributed by atoms with Crippen molar-refractivity contribution in [1.29, 1.82) is 0 Å². The first-order valence-electron chi connectivity index (χ1n) is 8.21. The van der Waals surface area contributed by atoms with Gasteiger partial charge in [0, 0.05) is 19.0 Å². The van der Waals surface area contributed by atoms with Gasteiger partial charge in [-0.25, -0.2) is 4.98 Å². The molecular weight excluding hydrogens is 322 g/mol. The van der Waals surface area contributed by atoms with Gasteiger partial charge in [0.05, 0.1) is 20.9 Å². The molecule has 1 fully saturated rings. The molecule has 3 heterocycles. The zero-order valence-electron chi connectivity index (χ0n) is 13.8. The van der Waals surface area contributed by atoms with Crippen LogP contribution in [0.4, 0.5) is 0 Å². The Balaban J connectivity index is 1.58. The number of carbonyl (C=O) groups is 1. The Labute approximate surface area is 144 Å². The highest BCUT2D eigenvalue weighted by Gasteiger charge is 2.30. The first-order valence-corrected chi connectivity index (χ1v) is 9.02. The van der Waals surface area contributed by atoms with Gasteiger partial charge in [-0.15, -0.1) is 11.3 Å². The average Bonchev–Trinajstić information content (AvgIpc) is 3.18. The molecule has 3 aromatic rings. The fourth-order valence-electron chi connectivity index (χ4n) is 3.37. The van der Waals surface area contributed by atoms with Gasteiger partial charge in [0.1, 0.15) is 11.3 Å². The molecule has 1 aromatic carbocycles. The Kier molecular flexibility index (Phi) is 3.84. The summed E-state index contributed by atoms with van der Waals surface area (Å²) in [6, 6.07) is 8.20. The number of amides is 1. The first-order chi connectivity index (χ1) is 11.6. The minimum absolute atomic E-state index is 0.0251. The molecule has 0 N–H and O–H groups in total. The van der Waals surface area contributed by atoms with Crippen LogP contribution in [0, 0.1) is 13.8 Å². The molecule has 0 aliphatic carbocycles. The molecule has 4 rings (SSSR count). The number of aromatic nitrogens is 2. The quantitative estimate of drug-likeness (QED) is 0.709. The summed E-state index contributed by atoms with van der Waals surface area (Å²) in [6.07, 6.45) is 2.07. The molecule has 1 unspecified atom stereocenters. The summed E-state index contributed by atoms with van der Waals surface area (Å²) in [5.74, 6) is 0.928. The van der Waals surface area contributed by atoms with Crippen molar-refractivity contribution in [2.45, 2.75) is 32.6 Å². The number of benzene rings is 1. The summed E-state index contributed by atoms with van der Waals surface area (Å²) in [6.45, 7) is 5.11. The minimum Gasteiger partial charge on any atom is -0.361 e. The van der Waals surface area contributed by atoms with E-state index in [0.29, 0.717) is 29.5 Å². The van der Waals surface area contributed by atoms with Crippen LogP contribution >= 0.6 is 11.3 Å². The standard InChI is InChI=1S/C18H19N3O2S/c1-11-16(12(2)23-20-11)18(22)21-9-5-6-13(10-21)17-19-14-7-3-4-8-15(14)24-17/h3-4,7-8,13H,5-6,9-10H2,1-2H3. The second-order valence-corrected chi connectivity index (χ2v) is 7.37. The van der Waals surface area contributed by atoms with E-state index < -0.39 is 0 Å². The van der Waals surface area contributed by atoms with Gasteiger partial charge in [0.15, 0.2) is 0 Å². The normalized spacial score (nSPS) is 18.2. The van der Waals surface area contributed by atoms with E-state index in [-0.39, 0.29) is 5.91 Å². The molecule has 0 spiro atoms. The average molecular weight is 341 g/mol. The number of nitrogens with zero attached hydrogens (tertiary/aromatic N) is 3. The lowest BCUT2D eigenvalue weighted by Crippen LogP contribution is -2.39. The molecule has 1 aliphatic rings. The van der Waals surface area contributed by atoms with E-state index in [1.165, 1.54) is 4.70 Å². The van der Waals surface area contributed by atoms with Crippen LogP contribution in [0.25, 0.3) is 10.2 Å². The zero-order chi connectivity index (χ0) is 16.7. The molecule has 0 radical (unpaired) electrons. The molecule has 2 aromatic heterocycles. The van der Waals surface area contributed by atoms with Gasteiger partial charge in [-0.3, -0.25) is 4.79 Å². The molecular formula is C18H19N3O2S. The second-order valence-electron chi connectivity index (χ2n) is 6.31. The van der Waals surface area contributed by atoms with Crippen molar-refractivity contribution in [3.8, 4) is 0 Å². The second kappa shape index (κ2) is 6.02. The fourth-order valence-corrected chi connectivity index (χ4v) is 4.47. The number of para-hydroxylation sites is 1. The third kappa shape index (κ3) is 2.60. The molecule has 1 aliphatic heterocycles. The van der Waals surface area contributed by atoms with Crippen molar-refractivity contribution >= 4 is 27.5 Å². The Morgan fingerprint density at radius 1 is 1.33 bits per heavy atom. The van der Waals surface area contributed by atoms with Crippen LogP contribution in [0.3, 0.4) is 0 Å². The number of fused-ring (bicyclic) bond motifs is 1. The van der Waals surface area contributed by atoms with Gasteiger partial charge in [-0.1, -0.05) is 17.3 Å². The molecule has 0 bridgehead atoms. The van der Waals surface area contributed by atoms with Crippen molar-refractivity contribution in [2.24, 2.45) is 0 Å². The van der Waals surface area contributed by atoms with Gasteiger partial charge >= 0.3 is 0 Å². The molecule has 1 saturated heterocycles. The number of rotatable bonds is 2. The topological polar surface area (TPSA) is 59.2 Å². The van der Waals surface area contributed by atoms with Crippen LogP contribution in [0.2, 0.25) is 0 Å². The maximum atomic E-state index is 12.9. The summed E-state index contributed by atoms with van der Waals surface area (Å²) < 4.78 is 6.36. The maximum absolute atomic E-state index is 12.9. The number of likely N-dealkylation sites (tertiary alicyclic amines) is 1. The fraction of sp³-hybridized carbons (Fsp3) is 0.389. The van der Waals surface area contributed by atoms with Crippen molar-refractivity contribution in [3.63, 3.8) is 0 Å². The molecule has 1 atom stereocenters. The lowest BCUT2D eigenvalue weighted by Gasteiger charge is -2.31. The molecule has 6 heteroatoms. The Morgan fingerprint density at radius 3 is 2.92 bits per heavy atom. The number of piperidine rings is 1. The van der Waals surface area contributed by atoms with E-state index in [1.807, 2.05) is 30.0 Å². The number of hydrogen-bond acceptors (Lipinski definition) is 5. The predicted octanol–water partition coefficient (Wildman–Crippen LogP) is 3.92. The van der Waals surface area contributed by atoms with Crippen molar-refractivity contribution in [3.05, 3.63) is 46.3 Å². The minimum atomic E-state index is 0.0251. The van der Waals surface area contributed by atoms with E-state index in [2.05, 4.69) is 11.2 Å². The smallest absolute Gasteiger partial charge is 0.259 e. The monoisotopic (exact) mass is 341 g/mol. The zero-order valence-corrected chi connectivity index (χ0v) is 14.6. The van der Waals surface area contributed by atoms with Crippen molar-refractivity contribution in [2.75, 3.05) is 13.1 Å². The number of thiazole rings is 1. The van der Waals surface area contributed by atoms with Crippen LogP contribution in [-0.2, 0) is 0 Å². The predicted molar refractivity (Wildman–Crippen MR) is 93.5 cm³/mol. The summed E-state index contributed by atoms with van der Waals surface area (Å²) in [7, 11) is 0. The summed E-state index contributed by atoms with van der Waals surface area (Å²) in [5, 5.41) is 5.04. The molecule has 124 valence electrons. The van der Waals surface area contributed by atoms with E-state index >= 15 is 0 Å². The number of carbonyl (C=O) groups excluding carboxylic acids is 1. The van der Waals surface area contributed by atoms with Gasteiger partial charge < -0.3 is 9.42 Å². The molecule has 0 saturated carbocycles. The lowest BCUT2D eigenvalue weighted by molar-refractivity contribution is 0.0704. The SMILES string of the molecule is Cc1noc(C)c1C(=O)N1CCCC(c2nc3ccccc3s2)C1. The highest BCUT2D eigenvalue weighted by Crippen LogP contribution is 2.33. The summed E-state index contributed by atoms with van der Waals surface area (Å²) in [5.41, 5.74) is 2.33. The van der Waals surface area contributed by atoms with E-state index in [9.17, 15) is 4.79 Å². The summed E-state index contributed by atoms with van der Waals surface area (Å²) >= 11 is 1.74.